The van der Waals surface area contributed by atoms with Crippen LogP contribution in [0.4, 0.5) is 5.69 Å². The molecule has 0 bridgehead atoms. The van der Waals surface area contributed by atoms with Gasteiger partial charge in [-0.15, -0.1) is 11.3 Å². The minimum Gasteiger partial charge on any atom is -0.326 e. The molecule has 1 atom stereocenters. The molecule has 0 saturated carbocycles. The first-order chi connectivity index (χ1) is 13.7. The summed E-state index contributed by atoms with van der Waals surface area (Å²) < 4.78 is 1.94. The van der Waals surface area contributed by atoms with Crippen molar-refractivity contribution in [3.63, 3.8) is 0 Å². The van der Waals surface area contributed by atoms with Crippen LogP contribution in [-0.2, 0) is 17.9 Å². The Balaban J connectivity index is 1.33. The second-order valence-corrected chi connectivity index (χ2v) is 7.94. The molecule has 0 unspecified atom stereocenters. The molecule has 0 aliphatic carbocycles. The van der Waals surface area contributed by atoms with E-state index in [2.05, 4.69) is 33.4 Å². The van der Waals surface area contributed by atoms with E-state index in [4.69, 9.17) is 0 Å². The molecule has 0 spiro atoms. The van der Waals surface area contributed by atoms with Crippen LogP contribution < -0.4 is 5.32 Å². The normalized spacial score (nSPS) is 17.5. The maximum Gasteiger partial charge on any atom is 0.228 e. The van der Waals surface area contributed by atoms with Crippen LogP contribution in [0.15, 0.2) is 47.5 Å². The number of likely N-dealkylation sites (tertiary alicyclic amines) is 1. The highest BCUT2D eigenvalue weighted by atomic mass is 32.1. The topological polar surface area (TPSA) is 63.1 Å². The quantitative estimate of drug-likeness (QED) is 0.688. The molecule has 1 N–H and O–H groups in total. The molecule has 1 aliphatic rings. The van der Waals surface area contributed by atoms with Crippen LogP contribution in [0, 0.1) is 5.92 Å². The molecule has 1 aromatic carbocycles. The van der Waals surface area contributed by atoms with E-state index < -0.39 is 0 Å². The lowest BCUT2D eigenvalue weighted by atomic mass is 9.96. The Morgan fingerprint density at radius 3 is 2.89 bits per heavy atom. The van der Waals surface area contributed by atoms with Crippen molar-refractivity contribution >= 4 is 22.9 Å². The Bertz CT molecular complexity index is 903. The molecule has 6 nitrogen and oxygen atoms in total. The first-order valence-electron chi connectivity index (χ1n) is 9.74. The van der Waals surface area contributed by atoms with Gasteiger partial charge in [-0.25, -0.2) is 4.98 Å². The minimum atomic E-state index is 0.0215. The molecule has 146 valence electrons. The van der Waals surface area contributed by atoms with Gasteiger partial charge in [-0.1, -0.05) is 12.1 Å². The summed E-state index contributed by atoms with van der Waals surface area (Å²) in [7, 11) is 0. The number of carbonyl (C=O) groups is 1. The number of amides is 1. The van der Waals surface area contributed by atoms with Crippen molar-refractivity contribution in [1.82, 2.24) is 19.7 Å². The highest BCUT2D eigenvalue weighted by Crippen LogP contribution is 2.23. The van der Waals surface area contributed by atoms with E-state index in [1.165, 1.54) is 5.56 Å². The van der Waals surface area contributed by atoms with E-state index in [1.807, 2.05) is 46.0 Å². The highest BCUT2D eigenvalue weighted by Gasteiger charge is 2.26. The summed E-state index contributed by atoms with van der Waals surface area (Å²) in [5.74, 6) is 0.128. The van der Waals surface area contributed by atoms with Gasteiger partial charge in [0.05, 0.1) is 23.3 Å². The van der Waals surface area contributed by atoms with Gasteiger partial charge in [0.1, 0.15) is 0 Å². The van der Waals surface area contributed by atoms with Gasteiger partial charge in [0.2, 0.25) is 5.91 Å². The second kappa shape index (κ2) is 8.67. The predicted octanol–water partition coefficient (Wildman–Crippen LogP) is 3.88. The van der Waals surface area contributed by atoms with Crippen LogP contribution in [0.2, 0.25) is 0 Å². The number of thiazole rings is 1. The first kappa shape index (κ1) is 18.8. The molecule has 3 aromatic rings. The van der Waals surface area contributed by atoms with Crippen LogP contribution in [-0.4, -0.2) is 38.7 Å². The standard InChI is InChI=1S/C21H25N5OS/c1-2-26-12-16(10-23-26)11-25-9-3-4-18(13-25)21(27)24-19-7-5-17(6-8-19)20-14-28-15-22-20/h5-8,10,12,14-15,18H,2-4,9,11,13H2,1H3,(H,24,27)/t18-/m0/s1. The largest absolute Gasteiger partial charge is 0.326 e. The molecular weight excluding hydrogens is 370 g/mol. The predicted molar refractivity (Wildman–Crippen MR) is 112 cm³/mol. The number of nitrogens with zero attached hydrogens (tertiary/aromatic N) is 4. The fraction of sp³-hybridized carbons (Fsp3) is 0.381. The van der Waals surface area contributed by atoms with Crippen molar-refractivity contribution in [2.24, 2.45) is 5.92 Å². The monoisotopic (exact) mass is 395 g/mol. The Kier molecular flexibility index (Phi) is 5.83. The Morgan fingerprint density at radius 1 is 1.32 bits per heavy atom. The van der Waals surface area contributed by atoms with Crippen molar-refractivity contribution < 1.29 is 4.79 Å². The maximum atomic E-state index is 12.8. The Hall–Kier alpha value is -2.51. The summed E-state index contributed by atoms with van der Waals surface area (Å²) in [6.45, 7) is 5.64. The van der Waals surface area contributed by atoms with Gasteiger partial charge in [-0.05, 0) is 38.4 Å². The van der Waals surface area contributed by atoms with Crippen molar-refractivity contribution in [3.8, 4) is 11.3 Å². The summed E-state index contributed by atoms with van der Waals surface area (Å²) in [5.41, 5.74) is 5.91. The van der Waals surface area contributed by atoms with Crippen molar-refractivity contribution in [1.29, 1.82) is 0 Å². The van der Waals surface area contributed by atoms with Gasteiger partial charge in [0.15, 0.2) is 0 Å². The van der Waals surface area contributed by atoms with E-state index in [0.717, 1.165) is 56.0 Å². The number of hydrogen-bond acceptors (Lipinski definition) is 5. The zero-order chi connectivity index (χ0) is 19.3. The van der Waals surface area contributed by atoms with E-state index in [0.29, 0.717) is 0 Å². The van der Waals surface area contributed by atoms with E-state index in [-0.39, 0.29) is 11.8 Å². The number of nitrogens with one attached hydrogen (secondary N) is 1. The van der Waals surface area contributed by atoms with Gasteiger partial charge >= 0.3 is 0 Å². The lowest BCUT2D eigenvalue weighted by Crippen LogP contribution is -2.40. The first-order valence-corrected chi connectivity index (χ1v) is 10.7. The second-order valence-electron chi connectivity index (χ2n) is 7.22. The molecular formula is C21H25N5OS. The van der Waals surface area contributed by atoms with Crippen LogP contribution in [0.25, 0.3) is 11.3 Å². The summed E-state index contributed by atoms with van der Waals surface area (Å²) >= 11 is 1.58. The van der Waals surface area contributed by atoms with Crippen LogP contribution in [0.3, 0.4) is 0 Å². The van der Waals surface area contributed by atoms with Gasteiger partial charge in [-0.2, -0.15) is 5.10 Å². The lowest BCUT2D eigenvalue weighted by molar-refractivity contribution is -0.121. The maximum absolute atomic E-state index is 12.8. The molecule has 2 aromatic heterocycles. The smallest absolute Gasteiger partial charge is 0.228 e. The molecule has 4 rings (SSSR count). The molecule has 1 amide bonds. The average molecular weight is 396 g/mol. The molecule has 3 heterocycles. The summed E-state index contributed by atoms with van der Waals surface area (Å²) in [4.78, 5) is 19.4. The number of benzene rings is 1. The third-order valence-electron chi connectivity index (χ3n) is 5.17. The average Bonchev–Trinajstić information content (AvgIpc) is 3.41. The highest BCUT2D eigenvalue weighted by molar-refractivity contribution is 7.07. The molecule has 0 radical (unpaired) electrons. The number of hydrogen-bond donors (Lipinski definition) is 1. The lowest BCUT2D eigenvalue weighted by Gasteiger charge is -2.31. The summed E-state index contributed by atoms with van der Waals surface area (Å²) in [6, 6.07) is 7.91. The fourth-order valence-electron chi connectivity index (χ4n) is 3.66. The molecule has 28 heavy (non-hydrogen) atoms. The number of piperidine rings is 1. The third kappa shape index (κ3) is 4.48. The summed E-state index contributed by atoms with van der Waals surface area (Å²) in [6.07, 6.45) is 6.00. The number of anilines is 1. The molecule has 1 saturated heterocycles. The van der Waals surface area contributed by atoms with Gasteiger partial charge in [0.25, 0.3) is 0 Å². The number of aromatic nitrogens is 3. The number of rotatable bonds is 6. The summed E-state index contributed by atoms with van der Waals surface area (Å²) in [5, 5.41) is 9.45. The van der Waals surface area contributed by atoms with Crippen LogP contribution in [0.5, 0.6) is 0 Å². The fourth-order valence-corrected chi connectivity index (χ4v) is 4.22. The van der Waals surface area contributed by atoms with E-state index in [1.54, 1.807) is 11.3 Å². The third-order valence-corrected chi connectivity index (χ3v) is 5.76. The van der Waals surface area contributed by atoms with Gasteiger partial charge in [-0.3, -0.25) is 14.4 Å². The zero-order valence-electron chi connectivity index (χ0n) is 16.0. The van der Waals surface area contributed by atoms with Gasteiger partial charge < -0.3 is 5.32 Å². The van der Waals surface area contributed by atoms with Gasteiger partial charge in [0, 0.05) is 48.0 Å². The number of aryl methyl sites for hydroxylation is 1. The molecule has 7 heteroatoms. The van der Waals surface area contributed by atoms with Crippen LogP contribution in [0.1, 0.15) is 25.3 Å². The molecule has 1 aliphatic heterocycles. The van der Waals surface area contributed by atoms with Crippen molar-refractivity contribution in [3.05, 3.63) is 53.1 Å². The van der Waals surface area contributed by atoms with Crippen molar-refractivity contribution in [2.45, 2.75) is 32.9 Å². The van der Waals surface area contributed by atoms with E-state index >= 15 is 0 Å². The SMILES string of the molecule is CCn1cc(CN2CCC[C@H](C(=O)Nc3ccc(-c4cscn4)cc3)C2)cn1. The van der Waals surface area contributed by atoms with Crippen LogP contribution >= 0.6 is 11.3 Å². The Labute approximate surface area is 169 Å². The van der Waals surface area contributed by atoms with Crippen molar-refractivity contribution in [2.75, 3.05) is 18.4 Å². The zero-order valence-corrected chi connectivity index (χ0v) is 16.9. The Morgan fingerprint density at radius 2 is 2.18 bits per heavy atom. The van der Waals surface area contributed by atoms with E-state index in [9.17, 15) is 4.79 Å². The minimum absolute atomic E-state index is 0.0215. The number of carbonyl (C=O) groups excluding carboxylic acids is 1. The molecule has 1 fully saturated rings.